The van der Waals surface area contributed by atoms with Gasteiger partial charge in [0, 0.05) is 0 Å². The predicted molar refractivity (Wildman–Crippen MR) is 110 cm³/mol. The van der Waals surface area contributed by atoms with Crippen LogP contribution in [0.3, 0.4) is 0 Å². The van der Waals surface area contributed by atoms with Crippen molar-refractivity contribution in [2.45, 2.75) is 49.1 Å². The number of imidazole rings is 1. The van der Waals surface area contributed by atoms with Gasteiger partial charge in [0.2, 0.25) is 0 Å². The number of aliphatic hydroxyl groups is 5. The molecule has 4 rings (SSSR count). The summed E-state index contributed by atoms with van der Waals surface area (Å²) in [7, 11) is -8.66. The van der Waals surface area contributed by atoms with E-state index in [0.29, 0.717) is 0 Å². The fourth-order valence-electron chi connectivity index (χ4n) is 3.48. The van der Waals surface area contributed by atoms with E-state index in [0.717, 1.165) is 0 Å². The number of nitrogen functional groups attached to an aromatic ring is 1. The zero-order valence-electron chi connectivity index (χ0n) is 17.5. The molecule has 2 aromatic heterocycles. The van der Waals surface area contributed by atoms with Crippen molar-refractivity contribution in [3.8, 4) is 0 Å². The molecule has 10 atom stereocenters. The molecule has 5 unspecified atom stereocenters. The Morgan fingerprint density at radius 2 is 1.71 bits per heavy atom. The van der Waals surface area contributed by atoms with Crippen molar-refractivity contribution in [2.75, 3.05) is 18.9 Å². The van der Waals surface area contributed by atoms with Gasteiger partial charge in [-0.3, -0.25) is 13.7 Å². The number of rotatable bonds is 9. The largest absolute Gasteiger partial charge is 0.479 e. The molecule has 2 aromatic rings. The number of phosphoric ester groups is 1. The van der Waals surface area contributed by atoms with Crippen molar-refractivity contribution in [3.05, 3.63) is 12.7 Å². The first-order chi connectivity index (χ1) is 16.5. The van der Waals surface area contributed by atoms with Gasteiger partial charge in [-0.1, -0.05) is 0 Å². The first-order valence-corrected chi connectivity index (χ1v) is 12.7. The summed E-state index contributed by atoms with van der Waals surface area (Å²) in [6.07, 6.45) is -9.26. The molecular weight excluding hydrogens is 520 g/mol. The van der Waals surface area contributed by atoms with Crippen LogP contribution in [0.1, 0.15) is 6.23 Å². The SMILES string of the molecule is Nc1ncnc2c1ncn2[C@@H]1O[C@H](CO[PH](=O)OP(=O)(O)OC[C@H]2OC(O)[C@@H](O)C2O)C(O)[C@@H]1O. The summed E-state index contributed by atoms with van der Waals surface area (Å²) in [5.74, 6) is 0.0921. The van der Waals surface area contributed by atoms with Crippen LogP contribution in [-0.2, 0) is 32.0 Å². The average Bonchev–Trinajstić information content (AvgIpc) is 3.43. The van der Waals surface area contributed by atoms with Gasteiger partial charge in [0.25, 0.3) is 0 Å². The molecule has 196 valence electrons. The first-order valence-electron chi connectivity index (χ1n) is 9.96. The highest BCUT2D eigenvalue weighted by Crippen LogP contribution is 2.53. The van der Waals surface area contributed by atoms with E-state index in [1.807, 2.05) is 0 Å². The summed E-state index contributed by atoms with van der Waals surface area (Å²) >= 11 is 0. The van der Waals surface area contributed by atoms with Gasteiger partial charge in [0.15, 0.2) is 24.0 Å². The summed E-state index contributed by atoms with van der Waals surface area (Å²) in [5.41, 5.74) is 6.19. The second kappa shape index (κ2) is 10.4. The van der Waals surface area contributed by atoms with Crippen LogP contribution in [0, 0.1) is 0 Å². The zero-order chi connectivity index (χ0) is 25.5. The number of hydrogen-bond acceptors (Lipinski definition) is 16. The number of phosphoric acid groups is 1. The highest BCUT2D eigenvalue weighted by molar-refractivity contribution is 7.56. The minimum Gasteiger partial charge on any atom is -0.387 e. The number of nitrogens with two attached hydrogens (primary N) is 1. The van der Waals surface area contributed by atoms with E-state index < -0.39 is 78.4 Å². The Labute approximate surface area is 196 Å². The van der Waals surface area contributed by atoms with Gasteiger partial charge in [0.05, 0.1) is 19.5 Å². The topological polar surface area (TPSA) is 271 Å². The summed E-state index contributed by atoms with van der Waals surface area (Å²) in [4.78, 5) is 21.5. The van der Waals surface area contributed by atoms with Crippen molar-refractivity contribution in [2.24, 2.45) is 0 Å². The van der Waals surface area contributed by atoms with Crippen LogP contribution >= 0.6 is 16.1 Å². The lowest BCUT2D eigenvalue weighted by atomic mass is 10.1. The molecule has 20 heteroatoms. The molecule has 2 aliphatic heterocycles. The van der Waals surface area contributed by atoms with Crippen LogP contribution in [0.4, 0.5) is 5.82 Å². The second-order valence-electron chi connectivity index (χ2n) is 7.59. The molecule has 0 saturated carbocycles. The van der Waals surface area contributed by atoms with E-state index in [4.69, 9.17) is 19.7 Å². The van der Waals surface area contributed by atoms with Gasteiger partial charge >= 0.3 is 16.1 Å². The number of anilines is 1. The molecule has 0 aromatic carbocycles. The molecule has 0 radical (unpaired) electrons. The molecule has 0 aliphatic carbocycles. The Bertz CT molecular complexity index is 1120. The molecule has 8 N–H and O–H groups in total. The van der Waals surface area contributed by atoms with Crippen LogP contribution in [-0.4, -0.2) is 106 Å². The van der Waals surface area contributed by atoms with E-state index in [-0.39, 0.29) is 17.0 Å². The van der Waals surface area contributed by atoms with E-state index >= 15 is 0 Å². The molecular formula is C15H23N5O13P2. The van der Waals surface area contributed by atoms with E-state index in [1.165, 1.54) is 17.2 Å². The summed E-state index contributed by atoms with van der Waals surface area (Å²) in [6.45, 7) is -1.40. The Morgan fingerprint density at radius 1 is 1.03 bits per heavy atom. The minimum absolute atomic E-state index is 0.0921. The van der Waals surface area contributed by atoms with Crippen LogP contribution in [0.15, 0.2) is 12.7 Å². The van der Waals surface area contributed by atoms with Crippen LogP contribution in [0.2, 0.25) is 0 Å². The Hall–Kier alpha value is -1.63. The van der Waals surface area contributed by atoms with Crippen molar-refractivity contribution < 1.29 is 62.4 Å². The highest BCUT2D eigenvalue weighted by Gasteiger charge is 2.45. The van der Waals surface area contributed by atoms with Crippen LogP contribution in [0.25, 0.3) is 11.2 Å². The van der Waals surface area contributed by atoms with Gasteiger partial charge in [-0.15, -0.1) is 0 Å². The monoisotopic (exact) mass is 543 g/mol. The maximum atomic E-state index is 12.0. The maximum Gasteiger partial charge on any atom is 0.479 e. The molecule has 2 fully saturated rings. The molecule has 18 nitrogen and oxygen atoms in total. The van der Waals surface area contributed by atoms with Crippen LogP contribution in [0.5, 0.6) is 0 Å². The molecule has 4 heterocycles. The number of nitrogens with zero attached hydrogens (tertiary/aromatic N) is 4. The van der Waals surface area contributed by atoms with Gasteiger partial charge < -0.3 is 50.2 Å². The minimum atomic E-state index is -4.98. The van der Waals surface area contributed by atoms with Crippen molar-refractivity contribution in [1.82, 2.24) is 19.5 Å². The smallest absolute Gasteiger partial charge is 0.387 e. The molecule has 0 amide bonds. The summed E-state index contributed by atoms with van der Waals surface area (Å²) in [5, 5.41) is 49.0. The molecule has 0 bridgehead atoms. The molecule has 2 saturated heterocycles. The van der Waals surface area contributed by atoms with Gasteiger partial charge in [-0.2, -0.15) is 0 Å². The number of aromatic nitrogens is 4. The quantitative estimate of drug-likeness (QED) is 0.155. The predicted octanol–water partition coefficient (Wildman–Crippen LogP) is -2.99. The fourth-order valence-corrected chi connectivity index (χ4v) is 5.30. The third-order valence-corrected chi connectivity index (χ3v) is 7.69. The third-order valence-electron chi connectivity index (χ3n) is 5.29. The lowest BCUT2D eigenvalue weighted by Gasteiger charge is -2.18. The fraction of sp³-hybridized carbons (Fsp3) is 0.667. The van der Waals surface area contributed by atoms with E-state index in [1.54, 1.807) is 0 Å². The Morgan fingerprint density at radius 3 is 2.40 bits per heavy atom. The highest BCUT2D eigenvalue weighted by atomic mass is 31.2. The third kappa shape index (κ3) is 5.55. The lowest BCUT2D eigenvalue weighted by Crippen LogP contribution is -2.34. The number of aliphatic hydroxyl groups excluding tert-OH is 5. The van der Waals surface area contributed by atoms with Gasteiger partial charge in [-0.25, -0.2) is 23.8 Å². The van der Waals surface area contributed by atoms with Crippen molar-refractivity contribution >= 4 is 33.1 Å². The number of ether oxygens (including phenoxy) is 2. The van der Waals surface area contributed by atoms with Gasteiger partial charge in [-0.05, 0) is 0 Å². The standard InChI is InChI=1S/C15H23N5O13P2/c16-12-7-13(18-3-17-12)20(4-19-7)14-10(23)8(21)5(31-14)1-29-34(26)33-35(27,28)30-2-6-9(22)11(24)15(25)32-6/h3-6,8-11,14-15,21-25,34H,1-2H2,(H,27,28)(H2,16,17,18)/t5-,6-,8?,9?,10+,11+,14-,15?/m1/s1. The normalized spacial score (nSPS) is 35.9. The first kappa shape index (κ1) is 26.4. The summed E-state index contributed by atoms with van der Waals surface area (Å²) in [6, 6.07) is 0. The molecule has 35 heavy (non-hydrogen) atoms. The van der Waals surface area contributed by atoms with E-state index in [9.17, 15) is 39.6 Å². The lowest BCUT2D eigenvalue weighted by molar-refractivity contribution is -0.132. The molecule has 2 aliphatic rings. The number of fused-ring (bicyclic) bond motifs is 1. The number of hydrogen-bond donors (Lipinski definition) is 7. The Kier molecular flexibility index (Phi) is 7.85. The maximum absolute atomic E-state index is 12.0. The second-order valence-corrected chi connectivity index (χ2v) is 10.3. The average molecular weight is 543 g/mol. The zero-order valence-corrected chi connectivity index (χ0v) is 19.4. The van der Waals surface area contributed by atoms with Gasteiger partial charge in [0.1, 0.15) is 48.5 Å². The van der Waals surface area contributed by atoms with E-state index in [2.05, 4.69) is 23.8 Å². The molecule has 0 spiro atoms. The van der Waals surface area contributed by atoms with Crippen LogP contribution < -0.4 is 5.73 Å². The Balaban J connectivity index is 1.30. The summed E-state index contributed by atoms with van der Waals surface area (Å²) < 4.78 is 49.4. The van der Waals surface area contributed by atoms with Crippen molar-refractivity contribution in [3.63, 3.8) is 0 Å². The van der Waals surface area contributed by atoms with Crippen molar-refractivity contribution in [1.29, 1.82) is 0 Å².